The van der Waals surface area contributed by atoms with Crippen molar-refractivity contribution in [3.05, 3.63) is 46.6 Å². The third-order valence-electron chi connectivity index (χ3n) is 3.21. The van der Waals surface area contributed by atoms with Crippen LogP contribution >= 0.6 is 22.9 Å². The molecule has 98 valence electrons. The molecule has 0 atom stereocenters. The quantitative estimate of drug-likeness (QED) is 0.662. The zero-order valence-electron chi connectivity index (χ0n) is 10.7. The number of halogens is 1. The van der Waals surface area contributed by atoms with Gasteiger partial charge in [-0.2, -0.15) is 4.98 Å². The average molecular weight is 293 g/mol. The van der Waals surface area contributed by atoms with Crippen molar-refractivity contribution in [1.29, 1.82) is 0 Å². The molecule has 3 aromatic rings. The van der Waals surface area contributed by atoms with Crippen LogP contribution in [0.4, 0.5) is 0 Å². The van der Waals surface area contributed by atoms with E-state index in [1.165, 1.54) is 5.56 Å². The van der Waals surface area contributed by atoms with E-state index in [9.17, 15) is 0 Å². The minimum atomic E-state index is 0.373. The summed E-state index contributed by atoms with van der Waals surface area (Å²) in [7, 11) is 0. The van der Waals surface area contributed by atoms with Gasteiger partial charge in [-0.05, 0) is 31.0 Å². The Balaban J connectivity index is 2.05. The van der Waals surface area contributed by atoms with Crippen molar-refractivity contribution in [1.82, 2.24) is 9.38 Å². The monoisotopic (exact) mass is 292 g/mol. The number of fused-ring (bicyclic) bond motifs is 1. The van der Waals surface area contributed by atoms with E-state index in [2.05, 4.69) is 18.0 Å². The topological polar surface area (TPSA) is 26.5 Å². The second-order valence-electron chi connectivity index (χ2n) is 4.35. The third-order valence-corrected chi connectivity index (χ3v) is 4.22. The predicted molar refractivity (Wildman–Crippen MR) is 78.6 cm³/mol. The molecule has 5 heteroatoms. The second kappa shape index (κ2) is 4.87. The molecule has 0 aliphatic carbocycles. The van der Waals surface area contributed by atoms with Crippen LogP contribution in [0.5, 0.6) is 11.6 Å². The van der Waals surface area contributed by atoms with Gasteiger partial charge in [0.2, 0.25) is 5.88 Å². The van der Waals surface area contributed by atoms with E-state index in [4.69, 9.17) is 16.3 Å². The summed E-state index contributed by atoms with van der Waals surface area (Å²) in [5, 5.41) is 1.99. The number of hydrogen-bond acceptors (Lipinski definition) is 3. The SMILES string of the molecule is Cc1cccc(Oc2nc3sccn3c2CCl)c1C. The van der Waals surface area contributed by atoms with Crippen LogP contribution in [-0.4, -0.2) is 9.38 Å². The molecule has 1 aromatic carbocycles. The number of nitrogens with zero attached hydrogens (tertiary/aromatic N) is 2. The van der Waals surface area contributed by atoms with Gasteiger partial charge in [0.05, 0.1) is 5.88 Å². The van der Waals surface area contributed by atoms with Gasteiger partial charge < -0.3 is 4.74 Å². The van der Waals surface area contributed by atoms with Gasteiger partial charge in [0.15, 0.2) is 4.96 Å². The molecule has 0 radical (unpaired) electrons. The fraction of sp³-hybridized carbons (Fsp3) is 0.214. The maximum absolute atomic E-state index is 6.01. The lowest BCUT2D eigenvalue weighted by Gasteiger charge is -2.09. The van der Waals surface area contributed by atoms with E-state index in [1.807, 2.05) is 35.0 Å². The first-order valence-corrected chi connectivity index (χ1v) is 7.36. The molecule has 2 aromatic heterocycles. The molecule has 0 N–H and O–H groups in total. The molecule has 0 fully saturated rings. The van der Waals surface area contributed by atoms with Crippen molar-refractivity contribution in [3.8, 4) is 11.6 Å². The summed E-state index contributed by atoms with van der Waals surface area (Å²) >= 11 is 7.58. The lowest BCUT2D eigenvalue weighted by atomic mass is 10.1. The fourth-order valence-electron chi connectivity index (χ4n) is 1.95. The van der Waals surface area contributed by atoms with E-state index < -0.39 is 0 Å². The van der Waals surface area contributed by atoms with Crippen molar-refractivity contribution in [2.45, 2.75) is 19.7 Å². The van der Waals surface area contributed by atoms with Crippen LogP contribution in [0.1, 0.15) is 16.8 Å². The molecule has 0 saturated heterocycles. The van der Waals surface area contributed by atoms with E-state index >= 15 is 0 Å². The fourth-order valence-corrected chi connectivity index (χ4v) is 2.92. The molecular weight excluding hydrogens is 280 g/mol. The number of aryl methyl sites for hydroxylation is 1. The molecule has 0 unspecified atom stereocenters. The van der Waals surface area contributed by atoms with Crippen LogP contribution in [0.2, 0.25) is 0 Å². The van der Waals surface area contributed by atoms with Gasteiger partial charge >= 0.3 is 0 Å². The summed E-state index contributed by atoms with van der Waals surface area (Å²) in [4.78, 5) is 5.38. The largest absolute Gasteiger partial charge is 0.437 e. The molecule has 3 nitrogen and oxygen atoms in total. The highest BCUT2D eigenvalue weighted by Crippen LogP contribution is 2.31. The first-order chi connectivity index (χ1) is 9.20. The lowest BCUT2D eigenvalue weighted by Crippen LogP contribution is -1.93. The zero-order valence-corrected chi connectivity index (χ0v) is 12.3. The molecule has 0 aliphatic heterocycles. The minimum absolute atomic E-state index is 0.373. The predicted octanol–water partition coefficient (Wildman–Crippen LogP) is 4.54. The molecule has 2 heterocycles. The molecule has 0 bridgehead atoms. The highest BCUT2D eigenvalue weighted by Gasteiger charge is 2.15. The van der Waals surface area contributed by atoms with Gasteiger partial charge in [-0.1, -0.05) is 12.1 Å². The summed E-state index contributed by atoms with van der Waals surface area (Å²) in [5.41, 5.74) is 3.21. The van der Waals surface area contributed by atoms with Crippen LogP contribution in [0.15, 0.2) is 29.8 Å². The first-order valence-electron chi connectivity index (χ1n) is 5.95. The van der Waals surface area contributed by atoms with Crippen molar-refractivity contribution in [3.63, 3.8) is 0 Å². The summed E-state index contributed by atoms with van der Waals surface area (Å²) in [6, 6.07) is 6.00. The van der Waals surface area contributed by atoms with Gasteiger partial charge in [0.25, 0.3) is 0 Å². The molecular formula is C14H13ClN2OS. The second-order valence-corrected chi connectivity index (χ2v) is 5.49. The Labute approximate surface area is 120 Å². The van der Waals surface area contributed by atoms with Gasteiger partial charge in [0.1, 0.15) is 11.4 Å². The number of imidazole rings is 1. The molecule has 0 saturated carbocycles. The smallest absolute Gasteiger partial charge is 0.243 e. The number of aromatic nitrogens is 2. The Morgan fingerprint density at radius 3 is 3.00 bits per heavy atom. The zero-order chi connectivity index (χ0) is 13.4. The lowest BCUT2D eigenvalue weighted by molar-refractivity contribution is 0.457. The standard InChI is InChI=1S/C14H13ClN2OS/c1-9-4-3-5-12(10(9)2)18-13-11(8-15)17-6-7-19-14(17)16-13/h3-7H,8H2,1-2H3. The van der Waals surface area contributed by atoms with Crippen molar-refractivity contribution < 1.29 is 4.74 Å². The Hall–Kier alpha value is -1.52. The van der Waals surface area contributed by atoms with Crippen LogP contribution in [0, 0.1) is 13.8 Å². The van der Waals surface area contributed by atoms with Crippen molar-refractivity contribution in [2.75, 3.05) is 0 Å². The van der Waals surface area contributed by atoms with E-state index in [0.29, 0.717) is 11.8 Å². The number of ether oxygens (including phenoxy) is 1. The molecule has 0 amide bonds. The molecule has 0 aliphatic rings. The Morgan fingerprint density at radius 1 is 1.37 bits per heavy atom. The molecule has 0 spiro atoms. The normalized spacial score (nSPS) is 11.1. The summed E-state index contributed by atoms with van der Waals surface area (Å²) < 4.78 is 7.92. The highest BCUT2D eigenvalue weighted by molar-refractivity contribution is 7.15. The average Bonchev–Trinajstić information content (AvgIpc) is 2.95. The molecule has 19 heavy (non-hydrogen) atoms. The third kappa shape index (κ3) is 2.11. The number of rotatable bonds is 3. The Bertz CT molecular complexity index is 732. The van der Waals surface area contributed by atoms with Gasteiger partial charge in [-0.25, -0.2) is 0 Å². The van der Waals surface area contributed by atoms with Crippen LogP contribution in [0.3, 0.4) is 0 Å². The van der Waals surface area contributed by atoms with Crippen molar-refractivity contribution in [2.24, 2.45) is 0 Å². The van der Waals surface area contributed by atoms with E-state index in [-0.39, 0.29) is 0 Å². The Morgan fingerprint density at radius 2 is 2.21 bits per heavy atom. The maximum Gasteiger partial charge on any atom is 0.243 e. The number of benzene rings is 1. The number of alkyl halides is 1. The first kappa shape index (κ1) is 12.5. The van der Waals surface area contributed by atoms with Gasteiger partial charge in [-0.3, -0.25) is 4.40 Å². The summed E-state index contributed by atoms with van der Waals surface area (Å²) in [6.45, 7) is 4.11. The summed E-state index contributed by atoms with van der Waals surface area (Å²) in [6.07, 6.45) is 1.96. The van der Waals surface area contributed by atoms with Crippen LogP contribution in [-0.2, 0) is 5.88 Å². The number of hydrogen-bond donors (Lipinski definition) is 0. The van der Waals surface area contributed by atoms with Crippen LogP contribution in [0.25, 0.3) is 4.96 Å². The Kier molecular flexibility index (Phi) is 3.21. The minimum Gasteiger partial charge on any atom is -0.437 e. The summed E-state index contributed by atoms with van der Waals surface area (Å²) in [5.74, 6) is 1.80. The van der Waals surface area contributed by atoms with Crippen LogP contribution < -0.4 is 4.74 Å². The van der Waals surface area contributed by atoms with Gasteiger partial charge in [0, 0.05) is 11.6 Å². The van der Waals surface area contributed by atoms with E-state index in [1.54, 1.807) is 11.3 Å². The van der Waals surface area contributed by atoms with Gasteiger partial charge in [-0.15, -0.1) is 22.9 Å². The van der Waals surface area contributed by atoms with E-state index in [0.717, 1.165) is 22.0 Å². The molecule has 3 rings (SSSR count). The highest BCUT2D eigenvalue weighted by atomic mass is 35.5. The number of thiazole rings is 1. The van der Waals surface area contributed by atoms with Crippen molar-refractivity contribution >= 4 is 27.9 Å². The maximum atomic E-state index is 6.01.